The van der Waals surface area contributed by atoms with E-state index in [4.69, 9.17) is 5.11 Å². The molecule has 5 nitrogen and oxygen atoms in total. The molecule has 1 aromatic carbocycles. The smallest absolute Gasteiger partial charge is 0.305 e. The Morgan fingerprint density at radius 3 is 2.77 bits per heavy atom. The fraction of sp³-hybridized carbons (Fsp3) is 0.188. The highest BCUT2D eigenvalue weighted by Crippen LogP contribution is 2.35. The number of nitrogens with one attached hydrogen (secondary N) is 1. The third-order valence-corrected chi connectivity index (χ3v) is 4.27. The summed E-state index contributed by atoms with van der Waals surface area (Å²) in [5.74, 6) is 0.541. The van der Waals surface area contributed by atoms with Gasteiger partial charge in [-0.05, 0) is 18.6 Å². The minimum absolute atomic E-state index is 0.0558. The van der Waals surface area contributed by atoms with Crippen LogP contribution < -0.4 is 5.32 Å². The van der Waals surface area contributed by atoms with Crippen LogP contribution in [0.2, 0.25) is 0 Å². The number of hydrogen-bond acceptors (Lipinski definition) is 5. The second kappa shape index (κ2) is 6.11. The molecular formula is C16H15N3O2S. The van der Waals surface area contributed by atoms with Crippen LogP contribution in [-0.2, 0) is 4.79 Å². The van der Waals surface area contributed by atoms with Crippen molar-refractivity contribution in [3.05, 3.63) is 42.2 Å². The summed E-state index contributed by atoms with van der Waals surface area (Å²) in [5, 5.41) is 12.8. The van der Waals surface area contributed by atoms with Crippen molar-refractivity contribution in [1.29, 1.82) is 0 Å². The lowest BCUT2D eigenvalue weighted by molar-refractivity contribution is -0.136. The van der Waals surface area contributed by atoms with Crippen LogP contribution in [0.25, 0.3) is 20.7 Å². The predicted molar refractivity (Wildman–Crippen MR) is 88.3 cm³/mol. The third kappa shape index (κ3) is 3.07. The highest BCUT2D eigenvalue weighted by molar-refractivity contribution is 7.21. The first kappa shape index (κ1) is 14.5. The summed E-state index contributed by atoms with van der Waals surface area (Å²) in [6.45, 7) is 2.18. The average molecular weight is 313 g/mol. The summed E-state index contributed by atoms with van der Waals surface area (Å²) in [4.78, 5) is 21.5. The van der Waals surface area contributed by atoms with Gasteiger partial charge in [0.15, 0.2) is 0 Å². The van der Waals surface area contributed by atoms with Crippen LogP contribution in [-0.4, -0.2) is 27.6 Å². The number of aliphatic carboxylic acids is 1. The number of aryl methyl sites for hydroxylation is 1. The summed E-state index contributed by atoms with van der Waals surface area (Å²) in [6, 6.07) is 12.2. The summed E-state index contributed by atoms with van der Waals surface area (Å²) in [5.41, 5.74) is 1.14. The van der Waals surface area contributed by atoms with E-state index in [1.807, 2.05) is 25.1 Å². The van der Waals surface area contributed by atoms with Crippen molar-refractivity contribution in [2.24, 2.45) is 0 Å². The number of nitrogens with zero attached hydrogens (tertiary/aromatic N) is 2. The van der Waals surface area contributed by atoms with Crippen LogP contribution >= 0.6 is 11.3 Å². The molecule has 0 radical (unpaired) electrons. The molecule has 2 N–H and O–H groups in total. The largest absolute Gasteiger partial charge is 0.481 e. The van der Waals surface area contributed by atoms with Gasteiger partial charge in [-0.25, -0.2) is 9.97 Å². The molecule has 112 valence electrons. The van der Waals surface area contributed by atoms with E-state index < -0.39 is 5.97 Å². The molecule has 3 rings (SSSR count). The predicted octanol–water partition coefficient (Wildman–Crippen LogP) is 3.55. The highest BCUT2D eigenvalue weighted by atomic mass is 32.1. The molecule has 0 unspecified atom stereocenters. The average Bonchev–Trinajstić information content (AvgIpc) is 2.91. The van der Waals surface area contributed by atoms with Gasteiger partial charge in [0.1, 0.15) is 16.5 Å². The van der Waals surface area contributed by atoms with Gasteiger partial charge in [0.2, 0.25) is 0 Å². The molecule has 2 aromatic heterocycles. The number of carboxylic acids is 1. The Hall–Kier alpha value is -2.47. The Bertz CT molecular complexity index is 815. The standard InChI is InChI=1S/C16H15N3O2S/c1-10-18-15(17-8-7-14(20)21)12-9-13(22-16(12)19-10)11-5-3-2-4-6-11/h2-6,9H,7-8H2,1H3,(H,20,21)(H,17,18,19). The van der Waals surface area contributed by atoms with Crippen molar-refractivity contribution < 1.29 is 9.90 Å². The van der Waals surface area contributed by atoms with Gasteiger partial charge in [-0.15, -0.1) is 11.3 Å². The van der Waals surface area contributed by atoms with Gasteiger partial charge >= 0.3 is 5.97 Å². The zero-order valence-corrected chi connectivity index (χ0v) is 12.9. The van der Waals surface area contributed by atoms with Gasteiger partial charge < -0.3 is 10.4 Å². The molecule has 0 amide bonds. The van der Waals surface area contributed by atoms with E-state index in [2.05, 4.69) is 33.5 Å². The number of carbonyl (C=O) groups is 1. The van der Waals surface area contributed by atoms with Gasteiger partial charge in [0.25, 0.3) is 0 Å². The van der Waals surface area contributed by atoms with Crippen molar-refractivity contribution in [1.82, 2.24) is 9.97 Å². The molecule has 0 aliphatic carbocycles. The molecular weight excluding hydrogens is 298 g/mol. The number of carboxylic acid groups (broad SMARTS) is 1. The Labute approximate surface area is 131 Å². The van der Waals surface area contributed by atoms with Crippen LogP contribution in [0.3, 0.4) is 0 Å². The zero-order valence-electron chi connectivity index (χ0n) is 12.0. The topological polar surface area (TPSA) is 75.1 Å². The van der Waals surface area contributed by atoms with E-state index in [1.54, 1.807) is 11.3 Å². The SMILES string of the molecule is Cc1nc(NCCC(=O)O)c2cc(-c3ccccc3)sc2n1. The van der Waals surface area contributed by atoms with E-state index >= 15 is 0 Å². The third-order valence-electron chi connectivity index (χ3n) is 3.19. The lowest BCUT2D eigenvalue weighted by Gasteiger charge is -2.05. The minimum atomic E-state index is -0.829. The Morgan fingerprint density at radius 1 is 1.27 bits per heavy atom. The quantitative estimate of drug-likeness (QED) is 0.753. The molecule has 0 aliphatic heterocycles. The van der Waals surface area contributed by atoms with Crippen LogP contribution in [0.1, 0.15) is 12.2 Å². The van der Waals surface area contributed by atoms with Crippen molar-refractivity contribution in [3.63, 3.8) is 0 Å². The molecule has 22 heavy (non-hydrogen) atoms. The highest BCUT2D eigenvalue weighted by Gasteiger charge is 2.11. The van der Waals surface area contributed by atoms with E-state index in [0.717, 1.165) is 20.7 Å². The van der Waals surface area contributed by atoms with Crippen molar-refractivity contribution in [2.75, 3.05) is 11.9 Å². The summed E-state index contributed by atoms with van der Waals surface area (Å²) in [6.07, 6.45) is 0.0558. The van der Waals surface area contributed by atoms with Crippen LogP contribution in [0.5, 0.6) is 0 Å². The van der Waals surface area contributed by atoms with Gasteiger partial charge in [-0.2, -0.15) is 0 Å². The number of benzene rings is 1. The van der Waals surface area contributed by atoms with Crippen molar-refractivity contribution in [2.45, 2.75) is 13.3 Å². The van der Waals surface area contributed by atoms with Crippen LogP contribution in [0.15, 0.2) is 36.4 Å². The van der Waals surface area contributed by atoms with E-state index in [0.29, 0.717) is 18.2 Å². The zero-order chi connectivity index (χ0) is 15.5. The lowest BCUT2D eigenvalue weighted by atomic mass is 10.2. The maximum absolute atomic E-state index is 10.6. The van der Waals surface area contributed by atoms with E-state index in [1.165, 1.54) is 0 Å². The minimum Gasteiger partial charge on any atom is -0.481 e. The molecule has 0 saturated heterocycles. The van der Waals surface area contributed by atoms with Crippen molar-refractivity contribution >= 4 is 33.3 Å². The second-order valence-corrected chi connectivity index (χ2v) is 5.92. The van der Waals surface area contributed by atoms with Gasteiger partial charge in [0, 0.05) is 11.4 Å². The molecule has 2 heterocycles. The molecule has 0 saturated carbocycles. The number of anilines is 1. The number of thiophene rings is 1. The van der Waals surface area contributed by atoms with Gasteiger partial charge in [-0.3, -0.25) is 4.79 Å². The number of rotatable bonds is 5. The van der Waals surface area contributed by atoms with Gasteiger partial charge in [-0.1, -0.05) is 30.3 Å². The van der Waals surface area contributed by atoms with Crippen LogP contribution in [0, 0.1) is 6.92 Å². The molecule has 0 fully saturated rings. The summed E-state index contributed by atoms with van der Waals surface area (Å²) < 4.78 is 0. The molecule has 6 heteroatoms. The molecule has 3 aromatic rings. The number of hydrogen-bond donors (Lipinski definition) is 2. The number of fused-ring (bicyclic) bond motifs is 1. The maximum atomic E-state index is 10.6. The Balaban J connectivity index is 1.98. The van der Waals surface area contributed by atoms with Crippen molar-refractivity contribution in [3.8, 4) is 10.4 Å². The summed E-state index contributed by atoms with van der Waals surface area (Å²) in [7, 11) is 0. The fourth-order valence-corrected chi connectivity index (χ4v) is 3.28. The first-order valence-corrected chi connectivity index (χ1v) is 7.74. The first-order valence-electron chi connectivity index (χ1n) is 6.93. The first-order chi connectivity index (χ1) is 10.6. The van der Waals surface area contributed by atoms with Crippen LogP contribution in [0.4, 0.5) is 5.82 Å². The monoisotopic (exact) mass is 313 g/mol. The van der Waals surface area contributed by atoms with E-state index in [9.17, 15) is 4.79 Å². The summed E-state index contributed by atoms with van der Waals surface area (Å²) >= 11 is 1.61. The Morgan fingerprint density at radius 2 is 2.05 bits per heavy atom. The normalized spacial score (nSPS) is 10.8. The molecule has 0 spiro atoms. The molecule has 0 bridgehead atoms. The van der Waals surface area contributed by atoms with Gasteiger partial charge in [0.05, 0.1) is 11.8 Å². The Kier molecular flexibility index (Phi) is 4.02. The lowest BCUT2D eigenvalue weighted by Crippen LogP contribution is -2.09. The molecule has 0 aliphatic rings. The fourth-order valence-electron chi connectivity index (χ4n) is 2.20. The second-order valence-electron chi connectivity index (χ2n) is 4.89. The molecule has 0 atom stereocenters. The maximum Gasteiger partial charge on any atom is 0.305 e. The number of aromatic nitrogens is 2. The van der Waals surface area contributed by atoms with E-state index in [-0.39, 0.29) is 6.42 Å².